The second kappa shape index (κ2) is 26.7. The summed E-state index contributed by atoms with van der Waals surface area (Å²) in [4.78, 5) is 12.2. The van der Waals surface area contributed by atoms with Gasteiger partial charge >= 0.3 is 0 Å². The molecule has 2 unspecified atom stereocenters. The molecule has 0 saturated heterocycles. The van der Waals surface area contributed by atoms with Gasteiger partial charge in [0.1, 0.15) is 0 Å². The Bertz CT molecular complexity index is 452. The molecule has 4 heteroatoms. The maximum atomic E-state index is 12.2. The molecule has 0 rings (SSSR count). The zero-order valence-corrected chi connectivity index (χ0v) is 22.9. The first-order valence-corrected chi connectivity index (χ1v) is 14.9. The minimum Gasteiger partial charge on any atom is -0.394 e. The van der Waals surface area contributed by atoms with Gasteiger partial charge in [-0.15, -0.1) is 0 Å². The van der Waals surface area contributed by atoms with Crippen molar-refractivity contribution in [2.75, 3.05) is 6.61 Å². The van der Waals surface area contributed by atoms with Crippen LogP contribution < -0.4 is 5.32 Å². The van der Waals surface area contributed by atoms with E-state index in [2.05, 4.69) is 19.2 Å². The lowest BCUT2D eigenvalue weighted by molar-refractivity contribution is -0.123. The minimum absolute atomic E-state index is 0.0679. The number of rotatable bonds is 26. The molecule has 0 spiro atoms. The third-order valence-corrected chi connectivity index (χ3v) is 6.77. The van der Waals surface area contributed by atoms with Crippen LogP contribution in [0.2, 0.25) is 0 Å². The Morgan fingerprint density at radius 2 is 1.09 bits per heavy atom. The van der Waals surface area contributed by atoms with Crippen molar-refractivity contribution >= 4 is 5.91 Å². The fourth-order valence-corrected chi connectivity index (χ4v) is 4.41. The predicted molar refractivity (Wildman–Crippen MR) is 147 cm³/mol. The smallest absolute Gasteiger partial charge is 0.220 e. The van der Waals surface area contributed by atoms with Crippen LogP contribution in [-0.2, 0) is 4.79 Å². The highest BCUT2D eigenvalue weighted by molar-refractivity contribution is 5.76. The summed E-state index contributed by atoms with van der Waals surface area (Å²) in [5.41, 5.74) is 0. The molecule has 0 aromatic rings. The topological polar surface area (TPSA) is 69.6 Å². The molecule has 0 heterocycles. The molecule has 4 nitrogen and oxygen atoms in total. The largest absolute Gasteiger partial charge is 0.394 e. The first-order chi connectivity index (χ1) is 16.7. The number of aliphatic hydroxyl groups excluding tert-OH is 2. The van der Waals surface area contributed by atoms with Crippen LogP contribution in [0.4, 0.5) is 0 Å². The summed E-state index contributed by atoms with van der Waals surface area (Å²) in [6.07, 6.45) is 29.9. The fraction of sp³-hybridized carbons (Fsp3) is 0.900. The number of allylic oxidation sites excluding steroid dienone is 1. The van der Waals surface area contributed by atoms with Crippen molar-refractivity contribution < 1.29 is 15.0 Å². The first kappa shape index (κ1) is 33.1. The number of carbonyl (C=O) groups is 1. The van der Waals surface area contributed by atoms with Gasteiger partial charge in [-0.3, -0.25) is 4.79 Å². The highest BCUT2D eigenvalue weighted by Crippen LogP contribution is 2.13. The Kier molecular flexibility index (Phi) is 26.0. The Morgan fingerprint density at radius 1 is 0.676 bits per heavy atom. The van der Waals surface area contributed by atoms with Crippen LogP contribution in [0.15, 0.2) is 12.2 Å². The van der Waals surface area contributed by atoms with Gasteiger partial charge in [0, 0.05) is 6.42 Å². The molecule has 1 amide bonds. The highest BCUT2D eigenvalue weighted by atomic mass is 16.3. The van der Waals surface area contributed by atoms with E-state index in [4.69, 9.17) is 0 Å². The van der Waals surface area contributed by atoms with Crippen molar-refractivity contribution in [2.24, 2.45) is 0 Å². The molecule has 0 fully saturated rings. The molecule has 3 N–H and O–H groups in total. The third-order valence-electron chi connectivity index (χ3n) is 6.77. The zero-order chi connectivity index (χ0) is 25.1. The molecule has 0 saturated carbocycles. The normalized spacial score (nSPS) is 13.4. The average molecular weight is 482 g/mol. The fourth-order valence-electron chi connectivity index (χ4n) is 4.41. The van der Waals surface area contributed by atoms with Gasteiger partial charge in [-0.1, -0.05) is 142 Å². The van der Waals surface area contributed by atoms with E-state index < -0.39 is 12.1 Å². The molecule has 0 bridgehead atoms. The molecule has 0 aromatic heterocycles. The monoisotopic (exact) mass is 481 g/mol. The van der Waals surface area contributed by atoms with Gasteiger partial charge in [-0.05, 0) is 19.3 Å². The molecule has 202 valence electrons. The van der Waals surface area contributed by atoms with Crippen molar-refractivity contribution in [3.63, 3.8) is 0 Å². The summed E-state index contributed by atoms with van der Waals surface area (Å²) in [5, 5.41) is 22.7. The van der Waals surface area contributed by atoms with Crippen LogP contribution in [-0.4, -0.2) is 34.9 Å². The molecule has 0 aliphatic rings. The van der Waals surface area contributed by atoms with E-state index in [1.165, 1.54) is 109 Å². The van der Waals surface area contributed by atoms with Gasteiger partial charge in [-0.2, -0.15) is 0 Å². The number of unbranched alkanes of at least 4 members (excludes halogenated alkanes) is 19. The Balaban J connectivity index is 3.68. The Morgan fingerprint density at radius 3 is 1.53 bits per heavy atom. The molecule has 2 atom stereocenters. The van der Waals surface area contributed by atoms with E-state index in [0.717, 1.165) is 25.7 Å². The van der Waals surface area contributed by atoms with Gasteiger partial charge in [0.05, 0.1) is 18.8 Å². The van der Waals surface area contributed by atoms with E-state index in [1.54, 1.807) is 6.08 Å². The van der Waals surface area contributed by atoms with Crippen molar-refractivity contribution in [1.82, 2.24) is 5.32 Å². The quantitative estimate of drug-likeness (QED) is 0.0865. The van der Waals surface area contributed by atoms with Crippen LogP contribution >= 0.6 is 0 Å². The average Bonchev–Trinajstić information content (AvgIpc) is 2.84. The highest BCUT2D eigenvalue weighted by Gasteiger charge is 2.17. The molecule has 0 aliphatic heterocycles. The molecule has 0 aromatic carbocycles. The van der Waals surface area contributed by atoms with E-state index >= 15 is 0 Å². The van der Waals surface area contributed by atoms with E-state index in [0.29, 0.717) is 6.42 Å². The summed E-state index contributed by atoms with van der Waals surface area (Å²) in [6.45, 7) is 4.26. The lowest BCUT2D eigenvalue weighted by Gasteiger charge is -2.20. The molecular weight excluding hydrogens is 422 g/mol. The number of hydrogen-bond donors (Lipinski definition) is 3. The van der Waals surface area contributed by atoms with Crippen LogP contribution in [0.3, 0.4) is 0 Å². The standard InChI is InChI=1S/C30H59NO3/c1-3-5-7-9-11-13-15-16-18-20-22-24-26-30(34)31-28(27-32)29(33)25-23-21-19-17-14-12-10-8-6-4-2/h23,25,28-29,32-33H,3-22,24,26-27H2,1-2H3,(H,31,34)/b25-23+. The summed E-state index contributed by atoms with van der Waals surface area (Å²) in [6, 6.07) is -0.611. The van der Waals surface area contributed by atoms with E-state index in [1.807, 2.05) is 6.08 Å². The van der Waals surface area contributed by atoms with Gasteiger partial charge in [0.25, 0.3) is 0 Å². The lowest BCUT2D eigenvalue weighted by atomic mass is 10.0. The van der Waals surface area contributed by atoms with Crippen molar-refractivity contribution in [3.05, 3.63) is 12.2 Å². The molecule has 34 heavy (non-hydrogen) atoms. The molecule has 0 aliphatic carbocycles. The second-order valence-electron chi connectivity index (χ2n) is 10.2. The number of hydrogen-bond acceptors (Lipinski definition) is 3. The summed E-state index contributed by atoms with van der Waals surface area (Å²) < 4.78 is 0. The number of amides is 1. The van der Waals surface area contributed by atoms with Crippen LogP contribution in [0, 0.1) is 0 Å². The number of nitrogens with one attached hydrogen (secondary N) is 1. The maximum absolute atomic E-state index is 12.2. The lowest BCUT2D eigenvalue weighted by Crippen LogP contribution is -2.45. The molecular formula is C30H59NO3. The van der Waals surface area contributed by atoms with Crippen LogP contribution in [0.25, 0.3) is 0 Å². The van der Waals surface area contributed by atoms with E-state index in [-0.39, 0.29) is 12.5 Å². The minimum atomic E-state index is -0.829. The zero-order valence-electron chi connectivity index (χ0n) is 22.9. The third kappa shape index (κ3) is 22.9. The summed E-state index contributed by atoms with van der Waals surface area (Å²) in [5.74, 6) is -0.0679. The number of carbonyl (C=O) groups excluding carboxylic acids is 1. The van der Waals surface area contributed by atoms with Crippen LogP contribution in [0.5, 0.6) is 0 Å². The SMILES string of the molecule is CCCCCCCCCC/C=C/C(O)C(CO)NC(=O)CCCCCCCCCCCCCC. The van der Waals surface area contributed by atoms with E-state index in [9.17, 15) is 15.0 Å². The second-order valence-corrected chi connectivity index (χ2v) is 10.2. The van der Waals surface area contributed by atoms with Crippen molar-refractivity contribution in [1.29, 1.82) is 0 Å². The Hall–Kier alpha value is -0.870. The number of aliphatic hydroxyl groups is 2. The first-order valence-electron chi connectivity index (χ1n) is 14.9. The van der Waals surface area contributed by atoms with Gasteiger partial charge in [0.2, 0.25) is 5.91 Å². The van der Waals surface area contributed by atoms with Gasteiger partial charge < -0.3 is 15.5 Å². The summed E-state index contributed by atoms with van der Waals surface area (Å²) in [7, 11) is 0. The van der Waals surface area contributed by atoms with Crippen molar-refractivity contribution in [2.45, 2.75) is 167 Å². The molecule has 0 radical (unpaired) electrons. The van der Waals surface area contributed by atoms with Crippen molar-refractivity contribution in [3.8, 4) is 0 Å². The maximum Gasteiger partial charge on any atom is 0.220 e. The Labute approximate surface area is 212 Å². The van der Waals surface area contributed by atoms with Crippen LogP contribution in [0.1, 0.15) is 155 Å². The van der Waals surface area contributed by atoms with Gasteiger partial charge in [-0.25, -0.2) is 0 Å². The predicted octanol–water partition coefficient (Wildman–Crippen LogP) is 8.00. The van der Waals surface area contributed by atoms with Gasteiger partial charge in [0.15, 0.2) is 0 Å². The summed E-state index contributed by atoms with van der Waals surface area (Å²) >= 11 is 0.